The first-order chi connectivity index (χ1) is 16.0. The predicted molar refractivity (Wildman–Crippen MR) is 113 cm³/mol. The normalized spacial score (nSPS) is 18.7. The van der Waals surface area contributed by atoms with Crippen molar-refractivity contribution in [3.05, 3.63) is 88.7 Å². The molecular weight excluding hydrogens is 461 g/mol. The standard InChI is InChI=1S/C26H21F7O/c1-14-2-4-15(5-3-14)16-6-8-19(9-7-16)34-26(32,33)18-12-20(27)24(21(28)13-18)17-10-22(29)25(31)23(30)11-17/h6-15H,2-5H2,1H3. The van der Waals surface area contributed by atoms with Crippen LogP contribution in [0.3, 0.4) is 0 Å². The summed E-state index contributed by atoms with van der Waals surface area (Å²) in [5.74, 6) is -7.34. The molecule has 0 spiro atoms. The maximum Gasteiger partial charge on any atom is 0.426 e. The van der Waals surface area contributed by atoms with Crippen molar-refractivity contribution in [2.75, 3.05) is 0 Å². The quantitative estimate of drug-likeness (QED) is 0.262. The van der Waals surface area contributed by atoms with Crippen molar-refractivity contribution in [3.8, 4) is 16.9 Å². The highest BCUT2D eigenvalue weighted by Crippen LogP contribution is 2.39. The Morgan fingerprint density at radius 3 is 1.79 bits per heavy atom. The Hall–Kier alpha value is -3.03. The van der Waals surface area contributed by atoms with Crippen molar-refractivity contribution < 1.29 is 35.5 Å². The molecule has 34 heavy (non-hydrogen) atoms. The van der Waals surface area contributed by atoms with Crippen LogP contribution in [0.25, 0.3) is 11.1 Å². The van der Waals surface area contributed by atoms with Gasteiger partial charge in [-0.1, -0.05) is 31.9 Å². The van der Waals surface area contributed by atoms with Crippen LogP contribution in [0.2, 0.25) is 0 Å². The van der Waals surface area contributed by atoms with Crippen molar-refractivity contribution in [1.82, 2.24) is 0 Å². The third kappa shape index (κ3) is 4.91. The first-order valence-electron chi connectivity index (χ1n) is 10.9. The monoisotopic (exact) mass is 482 g/mol. The summed E-state index contributed by atoms with van der Waals surface area (Å²) in [6.45, 7) is 2.20. The molecule has 0 aromatic heterocycles. The molecule has 1 saturated carbocycles. The van der Waals surface area contributed by atoms with Crippen LogP contribution in [-0.2, 0) is 6.11 Å². The molecule has 180 valence electrons. The van der Waals surface area contributed by atoms with E-state index in [4.69, 9.17) is 4.74 Å². The van der Waals surface area contributed by atoms with E-state index in [1.54, 1.807) is 12.1 Å². The molecule has 0 atom stereocenters. The van der Waals surface area contributed by atoms with Crippen molar-refractivity contribution in [2.45, 2.75) is 44.6 Å². The predicted octanol–water partition coefficient (Wildman–Crippen LogP) is 8.47. The first-order valence-corrected chi connectivity index (χ1v) is 10.9. The SMILES string of the molecule is CC1CCC(c2ccc(OC(F)(F)c3cc(F)c(-c4cc(F)c(F)c(F)c4)c(F)c3)cc2)CC1. The summed E-state index contributed by atoms with van der Waals surface area (Å²) < 4.78 is 103. The van der Waals surface area contributed by atoms with Gasteiger partial charge >= 0.3 is 6.11 Å². The van der Waals surface area contributed by atoms with E-state index in [9.17, 15) is 30.7 Å². The molecule has 0 N–H and O–H groups in total. The van der Waals surface area contributed by atoms with Gasteiger partial charge in [0.15, 0.2) is 17.5 Å². The summed E-state index contributed by atoms with van der Waals surface area (Å²) in [6, 6.07) is 7.55. The van der Waals surface area contributed by atoms with Gasteiger partial charge in [-0.25, -0.2) is 22.0 Å². The van der Waals surface area contributed by atoms with E-state index in [1.165, 1.54) is 12.1 Å². The van der Waals surface area contributed by atoms with E-state index in [2.05, 4.69) is 6.92 Å². The second-order valence-corrected chi connectivity index (χ2v) is 8.71. The number of hydrogen-bond donors (Lipinski definition) is 0. The minimum Gasteiger partial charge on any atom is -0.429 e. The van der Waals surface area contributed by atoms with Crippen LogP contribution in [0.1, 0.15) is 49.7 Å². The van der Waals surface area contributed by atoms with Crippen LogP contribution in [0.5, 0.6) is 5.75 Å². The second kappa shape index (κ2) is 9.31. The Bertz CT molecular complexity index is 1140. The van der Waals surface area contributed by atoms with Crippen molar-refractivity contribution >= 4 is 0 Å². The van der Waals surface area contributed by atoms with Gasteiger partial charge in [-0.15, -0.1) is 0 Å². The number of rotatable bonds is 5. The molecular formula is C26H21F7O. The van der Waals surface area contributed by atoms with Crippen molar-refractivity contribution in [3.63, 3.8) is 0 Å². The number of halogens is 7. The summed E-state index contributed by atoms with van der Waals surface area (Å²) in [4.78, 5) is 0. The third-order valence-corrected chi connectivity index (χ3v) is 6.26. The molecule has 1 aliphatic rings. The molecule has 0 unspecified atom stereocenters. The van der Waals surface area contributed by atoms with Gasteiger partial charge < -0.3 is 4.74 Å². The average molecular weight is 482 g/mol. The Morgan fingerprint density at radius 2 is 1.26 bits per heavy atom. The van der Waals surface area contributed by atoms with E-state index in [0.717, 1.165) is 31.2 Å². The Morgan fingerprint density at radius 1 is 0.735 bits per heavy atom. The Labute approximate surface area is 192 Å². The van der Waals surface area contributed by atoms with Crippen LogP contribution in [-0.4, -0.2) is 0 Å². The lowest BCUT2D eigenvalue weighted by atomic mass is 9.79. The molecule has 1 nitrogen and oxygen atoms in total. The van der Waals surface area contributed by atoms with Gasteiger partial charge in [0, 0.05) is 0 Å². The van der Waals surface area contributed by atoms with E-state index in [0.29, 0.717) is 36.1 Å². The van der Waals surface area contributed by atoms with E-state index >= 15 is 0 Å². The third-order valence-electron chi connectivity index (χ3n) is 6.26. The maximum absolute atomic E-state index is 14.7. The summed E-state index contributed by atoms with van der Waals surface area (Å²) >= 11 is 0. The zero-order chi connectivity index (χ0) is 24.6. The fourth-order valence-electron chi connectivity index (χ4n) is 4.33. The molecule has 3 aromatic carbocycles. The molecule has 0 radical (unpaired) electrons. The molecule has 0 amide bonds. The van der Waals surface area contributed by atoms with Crippen LogP contribution < -0.4 is 4.74 Å². The zero-order valence-corrected chi connectivity index (χ0v) is 18.2. The van der Waals surface area contributed by atoms with E-state index in [-0.39, 0.29) is 5.75 Å². The smallest absolute Gasteiger partial charge is 0.426 e. The lowest BCUT2D eigenvalue weighted by molar-refractivity contribution is -0.185. The van der Waals surface area contributed by atoms with Gasteiger partial charge in [0.25, 0.3) is 0 Å². The minimum absolute atomic E-state index is 0.189. The fourth-order valence-corrected chi connectivity index (χ4v) is 4.33. The highest BCUT2D eigenvalue weighted by atomic mass is 19.3. The highest BCUT2D eigenvalue weighted by molar-refractivity contribution is 5.65. The maximum atomic E-state index is 14.7. The van der Waals surface area contributed by atoms with Crippen molar-refractivity contribution in [1.29, 1.82) is 0 Å². The lowest BCUT2D eigenvalue weighted by Crippen LogP contribution is -2.22. The Kier molecular flexibility index (Phi) is 6.60. The molecule has 3 aromatic rings. The van der Waals surface area contributed by atoms with Crippen LogP contribution >= 0.6 is 0 Å². The summed E-state index contributed by atoms with van der Waals surface area (Å²) in [5, 5.41) is 0. The molecule has 0 saturated heterocycles. The van der Waals surface area contributed by atoms with E-state index < -0.39 is 51.9 Å². The molecule has 8 heteroatoms. The van der Waals surface area contributed by atoms with Gasteiger partial charge in [0.05, 0.1) is 11.1 Å². The van der Waals surface area contributed by atoms with Gasteiger partial charge in [-0.2, -0.15) is 8.78 Å². The average Bonchev–Trinajstić information content (AvgIpc) is 2.78. The topological polar surface area (TPSA) is 9.23 Å². The molecule has 1 aliphatic carbocycles. The lowest BCUT2D eigenvalue weighted by Gasteiger charge is -2.26. The van der Waals surface area contributed by atoms with Crippen LogP contribution in [0.4, 0.5) is 30.7 Å². The second-order valence-electron chi connectivity index (χ2n) is 8.71. The number of alkyl halides is 2. The molecule has 0 aliphatic heterocycles. The first kappa shape index (κ1) is 24.1. The largest absolute Gasteiger partial charge is 0.429 e. The summed E-state index contributed by atoms with van der Waals surface area (Å²) in [7, 11) is 0. The summed E-state index contributed by atoms with van der Waals surface area (Å²) in [6.07, 6.45) is 0.145. The highest BCUT2D eigenvalue weighted by Gasteiger charge is 2.37. The molecule has 4 rings (SSSR count). The molecule has 0 bridgehead atoms. The van der Waals surface area contributed by atoms with Crippen LogP contribution in [0, 0.1) is 35.0 Å². The zero-order valence-electron chi connectivity index (χ0n) is 18.2. The molecule has 1 fully saturated rings. The van der Waals surface area contributed by atoms with E-state index in [1.807, 2.05) is 0 Å². The summed E-state index contributed by atoms with van der Waals surface area (Å²) in [5.41, 5.74) is -1.75. The number of benzene rings is 3. The van der Waals surface area contributed by atoms with Gasteiger partial charge in [-0.05, 0) is 72.2 Å². The van der Waals surface area contributed by atoms with Crippen molar-refractivity contribution in [2.24, 2.45) is 5.92 Å². The minimum atomic E-state index is -4.10. The van der Waals surface area contributed by atoms with Gasteiger partial charge in [0.2, 0.25) is 0 Å². The molecule has 0 heterocycles. The van der Waals surface area contributed by atoms with Gasteiger partial charge in [0.1, 0.15) is 17.4 Å². The number of hydrogen-bond acceptors (Lipinski definition) is 1. The Balaban J connectivity index is 1.56. The van der Waals surface area contributed by atoms with Crippen LogP contribution in [0.15, 0.2) is 48.5 Å². The van der Waals surface area contributed by atoms with Gasteiger partial charge in [-0.3, -0.25) is 0 Å². The number of ether oxygens (including phenoxy) is 1. The fraction of sp³-hybridized carbons (Fsp3) is 0.308.